The van der Waals surface area contributed by atoms with Crippen molar-refractivity contribution in [1.29, 1.82) is 0 Å². The molecule has 0 rings (SSSR count). The molecule has 0 spiro atoms. The van der Waals surface area contributed by atoms with Crippen LogP contribution in [-0.4, -0.2) is 42.3 Å². The number of carbonyl (C=O) groups excluding carboxylic acids is 1. The molecule has 0 heterocycles. The van der Waals surface area contributed by atoms with Crippen LogP contribution in [0.5, 0.6) is 0 Å². The van der Waals surface area contributed by atoms with Crippen LogP contribution in [0.15, 0.2) is 0 Å². The Morgan fingerprint density at radius 2 is 1.81 bits per heavy atom. The molecule has 1 atom stereocenters. The lowest BCUT2D eigenvalue weighted by atomic mass is 10.0. The van der Waals surface area contributed by atoms with Crippen LogP contribution in [0.2, 0.25) is 0 Å². The highest BCUT2D eigenvalue weighted by Crippen LogP contribution is 2.30. The normalized spacial score (nSPS) is 15.3. The maximum Gasteiger partial charge on any atom is 0.422 e. The maximum absolute atomic E-state index is 12.4. The fourth-order valence-corrected chi connectivity index (χ4v) is 0.825. The standard InChI is InChI=1S/C8H13F3N2O3/c1-7(6(15)16,8(9,10)11)13-5(14)3-4-12-2/h12H,3-4H2,1-2H3,(H,13,14)(H,15,16). The second kappa shape index (κ2) is 5.15. The molecule has 0 aromatic rings. The van der Waals surface area contributed by atoms with E-state index in [1.165, 1.54) is 12.4 Å². The Hall–Kier alpha value is -1.31. The molecule has 94 valence electrons. The number of nitrogens with one attached hydrogen (secondary N) is 2. The Morgan fingerprint density at radius 1 is 1.31 bits per heavy atom. The molecule has 16 heavy (non-hydrogen) atoms. The van der Waals surface area contributed by atoms with Crippen LogP contribution in [0.25, 0.3) is 0 Å². The highest BCUT2D eigenvalue weighted by molar-refractivity contribution is 5.87. The van der Waals surface area contributed by atoms with E-state index in [4.69, 9.17) is 5.11 Å². The number of aliphatic carboxylic acids is 1. The molecule has 0 aromatic heterocycles. The van der Waals surface area contributed by atoms with E-state index in [1.54, 1.807) is 0 Å². The number of hydrogen-bond acceptors (Lipinski definition) is 3. The lowest BCUT2D eigenvalue weighted by Gasteiger charge is -2.28. The molecule has 0 fully saturated rings. The molecule has 1 amide bonds. The van der Waals surface area contributed by atoms with Crippen molar-refractivity contribution < 1.29 is 27.9 Å². The van der Waals surface area contributed by atoms with Gasteiger partial charge in [-0.2, -0.15) is 13.2 Å². The van der Waals surface area contributed by atoms with E-state index in [0.29, 0.717) is 6.92 Å². The van der Waals surface area contributed by atoms with Crippen LogP contribution >= 0.6 is 0 Å². The Bertz CT molecular complexity index is 280. The van der Waals surface area contributed by atoms with Gasteiger partial charge < -0.3 is 15.7 Å². The molecule has 1 unspecified atom stereocenters. The molecule has 0 saturated heterocycles. The summed E-state index contributed by atoms with van der Waals surface area (Å²) in [5, 5.41) is 12.5. The van der Waals surface area contributed by atoms with E-state index in [1.807, 2.05) is 0 Å². The minimum atomic E-state index is -5.05. The number of amides is 1. The van der Waals surface area contributed by atoms with Crippen molar-refractivity contribution in [3.63, 3.8) is 0 Å². The second-order valence-electron chi connectivity index (χ2n) is 3.33. The molecule has 0 bridgehead atoms. The molecule has 3 N–H and O–H groups in total. The zero-order valence-electron chi connectivity index (χ0n) is 8.81. The van der Waals surface area contributed by atoms with Gasteiger partial charge in [0.05, 0.1) is 0 Å². The van der Waals surface area contributed by atoms with Crippen molar-refractivity contribution in [3.05, 3.63) is 0 Å². The first-order chi connectivity index (χ1) is 7.15. The van der Waals surface area contributed by atoms with E-state index in [2.05, 4.69) is 5.32 Å². The zero-order chi connectivity index (χ0) is 13.0. The molecule has 5 nitrogen and oxygen atoms in total. The van der Waals surface area contributed by atoms with Crippen LogP contribution in [0.4, 0.5) is 13.2 Å². The largest absolute Gasteiger partial charge is 0.479 e. The van der Waals surface area contributed by atoms with Gasteiger partial charge >= 0.3 is 12.1 Å². The highest BCUT2D eigenvalue weighted by Gasteiger charge is 2.58. The first-order valence-electron chi connectivity index (χ1n) is 4.41. The first kappa shape index (κ1) is 14.7. The molecule has 0 aliphatic rings. The third-order valence-corrected chi connectivity index (χ3v) is 1.99. The average Bonchev–Trinajstić information content (AvgIpc) is 2.12. The first-order valence-corrected chi connectivity index (χ1v) is 4.41. The van der Waals surface area contributed by atoms with Gasteiger partial charge in [-0.05, 0) is 14.0 Å². The summed E-state index contributed by atoms with van der Waals surface area (Å²) in [6.07, 6.45) is -5.27. The van der Waals surface area contributed by atoms with Crippen molar-refractivity contribution in [2.45, 2.75) is 25.1 Å². The molecule has 8 heteroatoms. The lowest BCUT2D eigenvalue weighted by Crippen LogP contribution is -2.62. The molecular formula is C8H13F3N2O3. The van der Waals surface area contributed by atoms with E-state index in [9.17, 15) is 22.8 Å². The van der Waals surface area contributed by atoms with E-state index < -0.39 is 23.6 Å². The van der Waals surface area contributed by atoms with Crippen LogP contribution in [0, 0.1) is 0 Å². The van der Waals surface area contributed by atoms with Gasteiger partial charge in [-0.1, -0.05) is 0 Å². The summed E-state index contributed by atoms with van der Waals surface area (Å²) < 4.78 is 37.3. The number of rotatable bonds is 5. The predicted molar refractivity (Wildman–Crippen MR) is 48.8 cm³/mol. The maximum atomic E-state index is 12.4. The molecule has 0 aliphatic carbocycles. The number of carboxylic acids is 1. The zero-order valence-corrected chi connectivity index (χ0v) is 8.81. The topological polar surface area (TPSA) is 78.4 Å². The fraction of sp³-hybridized carbons (Fsp3) is 0.750. The summed E-state index contributed by atoms with van der Waals surface area (Å²) in [4.78, 5) is 21.6. The Balaban J connectivity index is 4.71. The van der Waals surface area contributed by atoms with Gasteiger partial charge in [0.15, 0.2) is 0 Å². The van der Waals surface area contributed by atoms with Crippen molar-refractivity contribution in [1.82, 2.24) is 10.6 Å². The average molecular weight is 242 g/mol. The Morgan fingerprint density at radius 3 is 2.12 bits per heavy atom. The lowest BCUT2D eigenvalue weighted by molar-refractivity contribution is -0.206. The van der Waals surface area contributed by atoms with Gasteiger partial charge in [-0.15, -0.1) is 0 Å². The van der Waals surface area contributed by atoms with E-state index in [0.717, 1.165) is 0 Å². The smallest absolute Gasteiger partial charge is 0.422 e. The van der Waals surface area contributed by atoms with Gasteiger partial charge in [0.2, 0.25) is 11.4 Å². The summed E-state index contributed by atoms with van der Waals surface area (Å²) in [6.45, 7) is 0.575. The van der Waals surface area contributed by atoms with Gasteiger partial charge in [0, 0.05) is 13.0 Å². The Kier molecular flexibility index (Phi) is 4.73. The van der Waals surface area contributed by atoms with Gasteiger partial charge in [0.1, 0.15) is 0 Å². The second-order valence-corrected chi connectivity index (χ2v) is 3.33. The summed E-state index contributed by atoms with van der Waals surface area (Å²) in [6, 6.07) is 0. The third kappa shape index (κ3) is 3.37. The van der Waals surface area contributed by atoms with Gasteiger partial charge in [-0.25, -0.2) is 4.79 Å². The fourth-order valence-electron chi connectivity index (χ4n) is 0.825. The van der Waals surface area contributed by atoms with Crippen LogP contribution in [0.1, 0.15) is 13.3 Å². The third-order valence-electron chi connectivity index (χ3n) is 1.99. The molecular weight excluding hydrogens is 229 g/mol. The van der Waals surface area contributed by atoms with Gasteiger partial charge in [0.25, 0.3) is 0 Å². The Labute approximate surface area is 90.0 Å². The van der Waals surface area contributed by atoms with Crippen LogP contribution < -0.4 is 10.6 Å². The van der Waals surface area contributed by atoms with Crippen molar-refractivity contribution >= 4 is 11.9 Å². The van der Waals surface area contributed by atoms with Crippen LogP contribution in [0.3, 0.4) is 0 Å². The molecule has 0 radical (unpaired) electrons. The monoisotopic (exact) mass is 242 g/mol. The number of carbonyl (C=O) groups is 2. The summed E-state index contributed by atoms with van der Waals surface area (Å²) in [5.74, 6) is -3.12. The number of alkyl halides is 3. The quantitative estimate of drug-likeness (QED) is 0.639. The van der Waals surface area contributed by atoms with Gasteiger partial charge in [-0.3, -0.25) is 4.79 Å². The van der Waals surface area contributed by atoms with E-state index >= 15 is 0 Å². The van der Waals surface area contributed by atoms with E-state index in [-0.39, 0.29) is 13.0 Å². The van der Waals surface area contributed by atoms with Crippen LogP contribution in [-0.2, 0) is 9.59 Å². The molecule has 0 aromatic carbocycles. The predicted octanol–water partition coefficient (Wildman–Crippen LogP) is 0.118. The summed E-state index contributed by atoms with van der Waals surface area (Å²) >= 11 is 0. The molecule has 0 aliphatic heterocycles. The SMILES string of the molecule is CNCCC(=O)NC(C)(C(=O)O)C(F)(F)F. The number of carboxylic acid groups (broad SMARTS) is 1. The summed E-state index contributed by atoms with van der Waals surface area (Å²) in [5.41, 5.74) is -3.25. The summed E-state index contributed by atoms with van der Waals surface area (Å²) in [7, 11) is 1.52. The van der Waals surface area contributed by atoms with Crippen molar-refractivity contribution in [3.8, 4) is 0 Å². The number of halogens is 3. The van der Waals surface area contributed by atoms with Crippen molar-refractivity contribution in [2.75, 3.05) is 13.6 Å². The minimum absolute atomic E-state index is 0.166. The highest BCUT2D eigenvalue weighted by atomic mass is 19.4. The molecule has 0 saturated carbocycles. The minimum Gasteiger partial charge on any atom is -0.479 e. The number of hydrogen-bond donors (Lipinski definition) is 3. The van der Waals surface area contributed by atoms with Crippen molar-refractivity contribution in [2.24, 2.45) is 0 Å².